The molecule has 0 saturated heterocycles. The summed E-state index contributed by atoms with van der Waals surface area (Å²) < 4.78 is 25.4. The van der Waals surface area contributed by atoms with E-state index < -0.39 is 15.9 Å². The lowest BCUT2D eigenvalue weighted by molar-refractivity contribution is 0.0711. The Morgan fingerprint density at radius 2 is 2.06 bits per heavy atom. The van der Waals surface area contributed by atoms with Crippen molar-refractivity contribution in [2.24, 2.45) is 0 Å². The second-order valence-corrected chi connectivity index (χ2v) is 6.51. The van der Waals surface area contributed by atoms with E-state index in [-0.39, 0.29) is 0 Å². The minimum atomic E-state index is -3.33. The maximum absolute atomic E-state index is 11.2. The van der Waals surface area contributed by atoms with Crippen LogP contribution in [0.3, 0.4) is 0 Å². The molecule has 0 bridgehead atoms. The number of hydroxylamine groups is 1. The summed E-state index contributed by atoms with van der Waals surface area (Å²) >= 11 is 1.21. The van der Waals surface area contributed by atoms with Gasteiger partial charge in [-0.3, -0.25) is 14.7 Å². The Hall–Kier alpha value is -1.64. The summed E-state index contributed by atoms with van der Waals surface area (Å²) in [4.78, 5) is 11.6. The predicted octanol–water partition coefficient (Wildman–Crippen LogP) is 1.39. The molecule has 1 amide bonds. The standard InChI is InChI=1S/C10H10N2O4S2/c1-18(15,16)12-7-2-3-8-6(4-7)5-9(17-8)10(13)11-14/h2-5,12,14H,1H3,(H,11,13). The van der Waals surface area contributed by atoms with Crippen molar-refractivity contribution in [1.82, 2.24) is 5.48 Å². The topological polar surface area (TPSA) is 95.5 Å². The number of anilines is 1. The fraction of sp³-hybridized carbons (Fsp3) is 0.100. The number of carbonyl (C=O) groups excluding carboxylic acids is 1. The third kappa shape index (κ3) is 2.78. The van der Waals surface area contributed by atoms with E-state index in [9.17, 15) is 13.2 Å². The van der Waals surface area contributed by atoms with E-state index in [1.54, 1.807) is 29.7 Å². The van der Waals surface area contributed by atoms with Gasteiger partial charge in [-0.05, 0) is 29.7 Å². The highest BCUT2D eigenvalue weighted by Crippen LogP contribution is 2.28. The quantitative estimate of drug-likeness (QED) is 0.587. The van der Waals surface area contributed by atoms with Gasteiger partial charge in [0.1, 0.15) is 0 Å². The van der Waals surface area contributed by atoms with Crippen LogP contribution in [0.25, 0.3) is 10.1 Å². The highest BCUT2D eigenvalue weighted by atomic mass is 32.2. The summed E-state index contributed by atoms with van der Waals surface area (Å²) in [5.41, 5.74) is 1.98. The van der Waals surface area contributed by atoms with E-state index in [1.165, 1.54) is 11.3 Å². The highest BCUT2D eigenvalue weighted by Gasteiger charge is 2.10. The summed E-state index contributed by atoms with van der Waals surface area (Å²) in [5.74, 6) is -0.589. The second kappa shape index (κ2) is 4.56. The molecule has 6 nitrogen and oxygen atoms in total. The summed E-state index contributed by atoms with van der Waals surface area (Å²) in [5, 5.41) is 9.27. The van der Waals surface area contributed by atoms with E-state index in [0.29, 0.717) is 10.6 Å². The molecular weight excluding hydrogens is 276 g/mol. The van der Waals surface area contributed by atoms with Gasteiger partial charge in [-0.15, -0.1) is 11.3 Å². The van der Waals surface area contributed by atoms with Crippen molar-refractivity contribution in [1.29, 1.82) is 0 Å². The Morgan fingerprint density at radius 1 is 1.33 bits per heavy atom. The Bertz CT molecular complexity index is 706. The normalized spacial score (nSPS) is 11.4. The third-order valence-electron chi connectivity index (χ3n) is 2.14. The van der Waals surface area contributed by atoms with Crippen LogP contribution in [0.15, 0.2) is 24.3 Å². The van der Waals surface area contributed by atoms with Gasteiger partial charge >= 0.3 is 0 Å². The van der Waals surface area contributed by atoms with Gasteiger partial charge in [0, 0.05) is 10.4 Å². The number of carbonyl (C=O) groups is 1. The number of hydrogen-bond donors (Lipinski definition) is 3. The Labute approximate surface area is 107 Å². The molecule has 0 aliphatic carbocycles. The number of hydrogen-bond acceptors (Lipinski definition) is 5. The first-order chi connectivity index (χ1) is 8.39. The van der Waals surface area contributed by atoms with Gasteiger partial charge in [0.25, 0.3) is 5.91 Å². The van der Waals surface area contributed by atoms with Crippen molar-refractivity contribution in [3.63, 3.8) is 0 Å². The molecule has 1 aromatic carbocycles. The fourth-order valence-electron chi connectivity index (χ4n) is 1.49. The number of thiophene rings is 1. The maximum Gasteiger partial charge on any atom is 0.284 e. The minimum Gasteiger partial charge on any atom is -0.288 e. The molecule has 1 heterocycles. The monoisotopic (exact) mass is 286 g/mol. The maximum atomic E-state index is 11.2. The van der Waals surface area contributed by atoms with Crippen LogP contribution in [0.2, 0.25) is 0 Å². The molecule has 18 heavy (non-hydrogen) atoms. The Balaban J connectivity index is 2.42. The molecule has 0 fully saturated rings. The average molecular weight is 286 g/mol. The van der Waals surface area contributed by atoms with Gasteiger partial charge in [0.15, 0.2) is 0 Å². The first kappa shape index (κ1) is 12.8. The van der Waals surface area contributed by atoms with Gasteiger partial charge in [-0.1, -0.05) is 0 Å². The van der Waals surface area contributed by atoms with Crippen molar-refractivity contribution in [2.75, 3.05) is 11.0 Å². The lowest BCUT2D eigenvalue weighted by atomic mass is 10.2. The molecule has 1 aromatic heterocycles. The van der Waals surface area contributed by atoms with Crippen molar-refractivity contribution in [3.05, 3.63) is 29.1 Å². The van der Waals surface area contributed by atoms with Crippen LogP contribution in [0.4, 0.5) is 5.69 Å². The first-order valence-corrected chi connectivity index (χ1v) is 7.55. The van der Waals surface area contributed by atoms with Crippen LogP contribution in [-0.2, 0) is 10.0 Å². The smallest absolute Gasteiger partial charge is 0.284 e. The third-order valence-corrected chi connectivity index (χ3v) is 3.87. The van der Waals surface area contributed by atoms with Crippen LogP contribution in [0.1, 0.15) is 9.67 Å². The molecule has 0 atom stereocenters. The van der Waals surface area contributed by atoms with Gasteiger partial charge in [-0.2, -0.15) is 0 Å². The van der Waals surface area contributed by atoms with Gasteiger partial charge in [-0.25, -0.2) is 13.9 Å². The van der Waals surface area contributed by atoms with E-state index in [1.807, 2.05) is 0 Å². The number of nitrogens with one attached hydrogen (secondary N) is 2. The molecule has 96 valence electrons. The number of sulfonamides is 1. The lowest BCUT2D eigenvalue weighted by Crippen LogP contribution is -2.16. The van der Waals surface area contributed by atoms with Crippen LogP contribution in [0, 0.1) is 0 Å². The number of benzene rings is 1. The number of fused-ring (bicyclic) bond motifs is 1. The molecule has 2 rings (SSSR count). The molecule has 0 aliphatic rings. The molecule has 0 radical (unpaired) electrons. The van der Waals surface area contributed by atoms with Crippen molar-refractivity contribution in [2.45, 2.75) is 0 Å². The van der Waals surface area contributed by atoms with E-state index in [4.69, 9.17) is 5.21 Å². The lowest BCUT2D eigenvalue weighted by Gasteiger charge is -2.02. The summed E-state index contributed by atoms with van der Waals surface area (Å²) in [6.07, 6.45) is 1.06. The zero-order chi connectivity index (χ0) is 13.3. The molecule has 3 N–H and O–H groups in total. The number of rotatable bonds is 3. The average Bonchev–Trinajstić information content (AvgIpc) is 2.68. The molecule has 0 spiro atoms. The summed E-state index contributed by atoms with van der Waals surface area (Å²) in [6.45, 7) is 0. The van der Waals surface area contributed by atoms with Crippen LogP contribution >= 0.6 is 11.3 Å². The van der Waals surface area contributed by atoms with Crippen molar-refractivity contribution >= 4 is 43.0 Å². The molecule has 8 heteroatoms. The van der Waals surface area contributed by atoms with Crippen LogP contribution in [-0.4, -0.2) is 25.8 Å². The Kier molecular flexibility index (Phi) is 3.24. The van der Waals surface area contributed by atoms with Gasteiger partial charge in [0.05, 0.1) is 11.1 Å². The molecular formula is C10H10N2O4S2. The number of amides is 1. The van der Waals surface area contributed by atoms with E-state index in [2.05, 4.69) is 4.72 Å². The van der Waals surface area contributed by atoms with E-state index in [0.717, 1.165) is 16.3 Å². The van der Waals surface area contributed by atoms with E-state index >= 15 is 0 Å². The minimum absolute atomic E-state index is 0.351. The zero-order valence-corrected chi connectivity index (χ0v) is 10.9. The van der Waals surface area contributed by atoms with Crippen LogP contribution < -0.4 is 10.2 Å². The second-order valence-electron chi connectivity index (χ2n) is 3.68. The largest absolute Gasteiger partial charge is 0.288 e. The van der Waals surface area contributed by atoms with Crippen molar-refractivity contribution in [3.8, 4) is 0 Å². The molecule has 0 unspecified atom stereocenters. The highest BCUT2D eigenvalue weighted by molar-refractivity contribution is 7.92. The predicted molar refractivity (Wildman–Crippen MR) is 69.5 cm³/mol. The molecule has 2 aromatic rings. The first-order valence-electron chi connectivity index (χ1n) is 4.85. The van der Waals surface area contributed by atoms with Crippen LogP contribution in [0.5, 0.6) is 0 Å². The molecule has 0 aliphatic heterocycles. The zero-order valence-electron chi connectivity index (χ0n) is 9.30. The molecule has 0 saturated carbocycles. The van der Waals surface area contributed by atoms with Gasteiger partial charge in [0.2, 0.25) is 10.0 Å². The summed E-state index contributed by atoms with van der Waals surface area (Å²) in [6, 6.07) is 6.53. The van der Waals surface area contributed by atoms with Gasteiger partial charge < -0.3 is 0 Å². The SMILES string of the molecule is CS(=O)(=O)Nc1ccc2sc(C(=O)NO)cc2c1. The fourth-order valence-corrected chi connectivity index (χ4v) is 2.98. The summed E-state index contributed by atoms with van der Waals surface area (Å²) in [7, 11) is -3.33. The van der Waals surface area contributed by atoms with Crippen molar-refractivity contribution < 1.29 is 18.4 Å². The Morgan fingerprint density at radius 3 is 2.67 bits per heavy atom.